The second-order valence-corrected chi connectivity index (χ2v) is 4.65. The molecule has 0 bridgehead atoms. The average Bonchev–Trinajstić information content (AvgIpc) is 2.96. The Kier molecular flexibility index (Phi) is 4.06. The molecule has 0 fully saturated rings. The topological polar surface area (TPSA) is 97.4 Å². The fourth-order valence-corrected chi connectivity index (χ4v) is 1.83. The van der Waals surface area contributed by atoms with E-state index in [1.807, 2.05) is 4.68 Å². The molecule has 0 radical (unpaired) electrons. The standard InChI is InChI=1S/C11H19N7/c1-8(2)6-18-10(15-7-16-18)5-9(17-12)11-13-3-4-14-11/h3-4,7-9,17H,5-6,12H2,1-2H3,(H,13,14). The van der Waals surface area contributed by atoms with Gasteiger partial charge in [-0.1, -0.05) is 13.8 Å². The van der Waals surface area contributed by atoms with Crippen LogP contribution in [0.2, 0.25) is 0 Å². The van der Waals surface area contributed by atoms with Crippen molar-refractivity contribution in [3.8, 4) is 0 Å². The summed E-state index contributed by atoms with van der Waals surface area (Å²) in [5.74, 6) is 7.80. The lowest BCUT2D eigenvalue weighted by Gasteiger charge is -2.14. The van der Waals surface area contributed by atoms with Gasteiger partial charge in [0, 0.05) is 25.4 Å². The van der Waals surface area contributed by atoms with Crippen LogP contribution in [0.3, 0.4) is 0 Å². The highest BCUT2D eigenvalue weighted by Gasteiger charge is 2.16. The van der Waals surface area contributed by atoms with Gasteiger partial charge in [0.05, 0.1) is 6.04 Å². The van der Waals surface area contributed by atoms with E-state index in [9.17, 15) is 0 Å². The van der Waals surface area contributed by atoms with Crippen LogP contribution < -0.4 is 11.3 Å². The molecule has 7 heteroatoms. The van der Waals surface area contributed by atoms with Crippen LogP contribution in [-0.2, 0) is 13.0 Å². The summed E-state index contributed by atoms with van der Waals surface area (Å²) in [6, 6.07) is -0.0879. The van der Waals surface area contributed by atoms with E-state index in [4.69, 9.17) is 5.84 Å². The Morgan fingerprint density at radius 2 is 2.28 bits per heavy atom. The van der Waals surface area contributed by atoms with Crippen LogP contribution in [-0.4, -0.2) is 24.7 Å². The summed E-state index contributed by atoms with van der Waals surface area (Å²) in [7, 11) is 0. The van der Waals surface area contributed by atoms with Crippen molar-refractivity contribution in [3.63, 3.8) is 0 Å². The lowest BCUT2D eigenvalue weighted by atomic mass is 10.2. The molecule has 0 aliphatic rings. The fraction of sp³-hybridized carbons (Fsp3) is 0.545. The van der Waals surface area contributed by atoms with Gasteiger partial charge in [-0.2, -0.15) is 5.10 Å². The predicted molar refractivity (Wildman–Crippen MR) is 67.2 cm³/mol. The number of nitrogens with zero attached hydrogens (tertiary/aromatic N) is 4. The van der Waals surface area contributed by atoms with Crippen LogP contribution in [0.25, 0.3) is 0 Å². The highest BCUT2D eigenvalue weighted by molar-refractivity contribution is 5.00. The molecular weight excluding hydrogens is 230 g/mol. The molecule has 0 saturated carbocycles. The Labute approximate surface area is 106 Å². The Balaban J connectivity index is 2.10. The molecular formula is C11H19N7. The van der Waals surface area contributed by atoms with Gasteiger partial charge in [-0.3, -0.25) is 5.84 Å². The van der Waals surface area contributed by atoms with Gasteiger partial charge in [-0.05, 0) is 5.92 Å². The van der Waals surface area contributed by atoms with Crippen LogP contribution in [0, 0.1) is 5.92 Å². The quantitative estimate of drug-likeness (QED) is 0.508. The lowest BCUT2D eigenvalue weighted by Crippen LogP contribution is -2.31. The van der Waals surface area contributed by atoms with Crippen molar-refractivity contribution in [1.82, 2.24) is 30.2 Å². The highest BCUT2D eigenvalue weighted by Crippen LogP contribution is 2.13. The summed E-state index contributed by atoms with van der Waals surface area (Å²) in [6.07, 6.45) is 5.71. The minimum Gasteiger partial charge on any atom is -0.347 e. The minimum atomic E-state index is -0.0879. The third-order valence-electron chi connectivity index (χ3n) is 2.67. The summed E-state index contributed by atoms with van der Waals surface area (Å²) in [4.78, 5) is 11.5. The molecule has 18 heavy (non-hydrogen) atoms. The third-order valence-corrected chi connectivity index (χ3v) is 2.67. The van der Waals surface area contributed by atoms with Gasteiger partial charge in [0.1, 0.15) is 18.0 Å². The summed E-state index contributed by atoms with van der Waals surface area (Å²) < 4.78 is 1.91. The van der Waals surface area contributed by atoms with E-state index >= 15 is 0 Å². The predicted octanol–water partition coefficient (Wildman–Crippen LogP) is 0.404. The maximum Gasteiger partial charge on any atom is 0.138 e. The summed E-state index contributed by atoms with van der Waals surface area (Å²) in [6.45, 7) is 5.15. The van der Waals surface area contributed by atoms with Crippen LogP contribution in [0.1, 0.15) is 31.5 Å². The van der Waals surface area contributed by atoms with Crippen molar-refractivity contribution in [1.29, 1.82) is 0 Å². The molecule has 2 rings (SSSR count). The Morgan fingerprint density at radius 3 is 2.89 bits per heavy atom. The maximum absolute atomic E-state index is 5.56. The minimum absolute atomic E-state index is 0.0879. The van der Waals surface area contributed by atoms with Gasteiger partial charge in [0.2, 0.25) is 0 Å². The van der Waals surface area contributed by atoms with Gasteiger partial charge in [0.15, 0.2) is 0 Å². The van der Waals surface area contributed by atoms with Crippen molar-refractivity contribution in [2.75, 3.05) is 0 Å². The molecule has 1 atom stereocenters. The molecule has 0 saturated heterocycles. The Bertz CT molecular complexity index is 459. The number of aromatic nitrogens is 5. The van der Waals surface area contributed by atoms with Crippen molar-refractivity contribution in [2.24, 2.45) is 11.8 Å². The lowest BCUT2D eigenvalue weighted by molar-refractivity contribution is 0.441. The van der Waals surface area contributed by atoms with Crippen LogP contribution in [0.15, 0.2) is 18.7 Å². The summed E-state index contributed by atoms with van der Waals surface area (Å²) >= 11 is 0. The molecule has 0 spiro atoms. The molecule has 1 unspecified atom stereocenters. The average molecular weight is 249 g/mol. The van der Waals surface area contributed by atoms with Gasteiger partial charge in [0.25, 0.3) is 0 Å². The van der Waals surface area contributed by atoms with E-state index in [0.717, 1.165) is 18.2 Å². The van der Waals surface area contributed by atoms with Crippen LogP contribution in [0.4, 0.5) is 0 Å². The monoisotopic (exact) mass is 249 g/mol. The van der Waals surface area contributed by atoms with E-state index < -0.39 is 0 Å². The molecule has 0 aliphatic heterocycles. The van der Waals surface area contributed by atoms with Crippen molar-refractivity contribution in [3.05, 3.63) is 30.4 Å². The first kappa shape index (κ1) is 12.7. The largest absolute Gasteiger partial charge is 0.347 e. The fourth-order valence-electron chi connectivity index (χ4n) is 1.83. The van der Waals surface area contributed by atoms with E-state index in [1.54, 1.807) is 18.7 Å². The summed E-state index contributed by atoms with van der Waals surface area (Å²) in [5, 5.41) is 4.23. The van der Waals surface area contributed by atoms with Crippen molar-refractivity contribution < 1.29 is 0 Å². The van der Waals surface area contributed by atoms with Gasteiger partial charge in [-0.15, -0.1) is 0 Å². The first-order chi connectivity index (χ1) is 8.70. The molecule has 98 valence electrons. The number of rotatable bonds is 6. The molecule has 2 heterocycles. The SMILES string of the molecule is CC(C)Cn1ncnc1CC(NN)c1ncc[nH]1. The number of imidazole rings is 1. The Hall–Kier alpha value is -1.73. The zero-order valence-corrected chi connectivity index (χ0v) is 10.7. The smallest absolute Gasteiger partial charge is 0.138 e. The third kappa shape index (κ3) is 2.93. The number of hydrazine groups is 1. The number of H-pyrrole nitrogens is 1. The molecule has 4 N–H and O–H groups in total. The maximum atomic E-state index is 5.56. The van der Waals surface area contributed by atoms with Crippen molar-refractivity contribution >= 4 is 0 Å². The number of aromatic amines is 1. The molecule has 2 aromatic heterocycles. The number of nitrogens with two attached hydrogens (primary N) is 1. The van der Waals surface area contributed by atoms with Crippen molar-refractivity contribution in [2.45, 2.75) is 32.9 Å². The first-order valence-electron chi connectivity index (χ1n) is 6.02. The van der Waals surface area contributed by atoms with Gasteiger partial charge >= 0.3 is 0 Å². The molecule has 0 aromatic carbocycles. The van der Waals surface area contributed by atoms with Gasteiger partial charge < -0.3 is 4.98 Å². The van der Waals surface area contributed by atoms with E-state index in [0.29, 0.717) is 12.3 Å². The normalized spacial score (nSPS) is 13.1. The van der Waals surface area contributed by atoms with E-state index in [2.05, 4.69) is 39.3 Å². The van der Waals surface area contributed by atoms with E-state index in [-0.39, 0.29) is 6.04 Å². The number of nitrogens with one attached hydrogen (secondary N) is 2. The second-order valence-electron chi connectivity index (χ2n) is 4.65. The molecule has 0 amide bonds. The number of hydrogen-bond donors (Lipinski definition) is 3. The van der Waals surface area contributed by atoms with Gasteiger partial charge in [-0.25, -0.2) is 20.1 Å². The van der Waals surface area contributed by atoms with Crippen LogP contribution in [0.5, 0.6) is 0 Å². The summed E-state index contributed by atoms with van der Waals surface area (Å²) in [5.41, 5.74) is 2.75. The zero-order chi connectivity index (χ0) is 13.0. The molecule has 2 aromatic rings. The van der Waals surface area contributed by atoms with Crippen LogP contribution >= 0.6 is 0 Å². The second kappa shape index (κ2) is 5.74. The molecule has 0 aliphatic carbocycles. The van der Waals surface area contributed by atoms with E-state index in [1.165, 1.54) is 0 Å². The number of hydrogen-bond acceptors (Lipinski definition) is 5. The first-order valence-corrected chi connectivity index (χ1v) is 6.02. The Morgan fingerprint density at radius 1 is 1.44 bits per heavy atom. The zero-order valence-electron chi connectivity index (χ0n) is 10.7. The highest BCUT2D eigenvalue weighted by atomic mass is 15.3. The molecule has 7 nitrogen and oxygen atoms in total.